The lowest BCUT2D eigenvalue weighted by atomic mass is 9.87. The molecule has 3 heteroatoms. The number of nitrogens with two attached hydrogens (primary N) is 1. The van der Waals surface area contributed by atoms with Gasteiger partial charge in [0.2, 0.25) is 0 Å². The van der Waals surface area contributed by atoms with Gasteiger partial charge in [0.25, 0.3) is 0 Å². The molecule has 1 aromatic carbocycles. The van der Waals surface area contributed by atoms with Gasteiger partial charge < -0.3 is 10.8 Å². The number of hydrogen-bond acceptors (Lipinski definition) is 2. The van der Waals surface area contributed by atoms with E-state index >= 15 is 0 Å². The Labute approximate surface area is 95.3 Å². The minimum absolute atomic E-state index is 0.262. The summed E-state index contributed by atoms with van der Waals surface area (Å²) in [6.07, 6.45) is 4.50. The van der Waals surface area contributed by atoms with Gasteiger partial charge >= 0.3 is 0 Å². The van der Waals surface area contributed by atoms with Crippen LogP contribution in [0, 0.1) is 5.82 Å². The van der Waals surface area contributed by atoms with E-state index in [4.69, 9.17) is 5.73 Å². The zero-order valence-corrected chi connectivity index (χ0v) is 9.59. The zero-order valence-electron chi connectivity index (χ0n) is 9.59. The second-order valence-electron chi connectivity index (χ2n) is 4.69. The molecule has 0 amide bonds. The number of halogens is 1. The fourth-order valence-corrected chi connectivity index (χ4v) is 2.51. The quantitative estimate of drug-likeness (QED) is 0.809. The predicted molar refractivity (Wildman–Crippen MR) is 61.8 cm³/mol. The van der Waals surface area contributed by atoms with Gasteiger partial charge in [-0.3, -0.25) is 0 Å². The van der Waals surface area contributed by atoms with Gasteiger partial charge in [-0.15, -0.1) is 0 Å². The molecule has 2 rings (SSSR count). The summed E-state index contributed by atoms with van der Waals surface area (Å²) >= 11 is 0. The van der Waals surface area contributed by atoms with Crippen molar-refractivity contribution in [2.75, 3.05) is 0 Å². The Morgan fingerprint density at radius 3 is 2.56 bits per heavy atom. The SMILES string of the molecule is CCc1cc(F)c(O)c(C2(N)CCCC2)c1. The molecule has 0 saturated heterocycles. The van der Waals surface area contributed by atoms with Crippen LogP contribution in [0.5, 0.6) is 5.75 Å². The molecule has 0 spiro atoms. The maximum atomic E-state index is 13.5. The van der Waals surface area contributed by atoms with Crippen LogP contribution in [0.25, 0.3) is 0 Å². The molecule has 2 nitrogen and oxygen atoms in total. The van der Waals surface area contributed by atoms with Crippen LogP contribution in [-0.2, 0) is 12.0 Å². The van der Waals surface area contributed by atoms with Crippen LogP contribution in [-0.4, -0.2) is 5.11 Å². The number of hydrogen-bond donors (Lipinski definition) is 2. The normalized spacial score (nSPS) is 18.9. The summed E-state index contributed by atoms with van der Waals surface area (Å²) in [4.78, 5) is 0. The summed E-state index contributed by atoms with van der Waals surface area (Å²) < 4.78 is 13.5. The van der Waals surface area contributed by atoms with Crippen molar-refractivity contribution in [1.29, 1.82) is 0 Å². The zero-order chi connectivity index (χ0) is 11.8. The van der Waals surface area contributed by atoms with Gasteiger partial charge in [0.15, 0.2) is 11.6 Å². The average molecular weight is 223 g/mol. The monoisotopic (exact) mass is 223 g/mol. The minimum atomic E-state index is -0.550. The first-order valence-corrected chi connectivity index (χ1v) is 5.87. The lowest BCUT2D eigenvalue weighted by Gasteiger charge is -2.25. The van der Waals surface area contributed by atoms with Crippen LogP contribution >= 0.6 is 0 Å². The van der Waals surface area contributed by atoms with E-state index in [1.54, 1.807) is 0 Å². The first kappa shape index (κ1) is 11.4. The van der Waals surface area contributed by atoms with Crippen LogP contribution in [0.4, 0.5) is 4.39 Å². The first-order chi connectivity index (χ1) is 7.57. The van der Waals surface area contributed by atoms with E-state index in [1.165, 1.54) is 6.07 Å². The number of phenolic OH excluding ortho intramolecular Hbond substituents is 1. The Balaban J connectivity index is 2.50. The topological polar surface area (TPSA) is 46.2 Å². The molecule has 0 bridgehead atoms. The summed E-state index contributed by atoms with van der Waals surface area (Å²) in [5.74, 6) is -0.812. The van der Waals surface area contributed by atoms with Crippen molar-refractivity contribution in [1.82, 2.24) is 0 Å². The molecule has 3 N–H and O–H groups in total. The van der Waals surface area contributed by atoms with Crippen molar-refractivity contribution >= 4 is 0 Å². The molecule has 1 aliphatic rings. The van der Waals surface area contributed by atoms with Crippen LogP contribution in [0.1, 0.15) is 43.7 Å². The van der Waals surface area contributed by atoms with E-state index in [2.05, 4.69) is 0 Å². The Kier molecular flexibility index (Phi) is 2.89. The lowest BCUT2D eigenvalue weighted by Crippen LogP contribution is -2.33. The highest BCUT2D eigenvalue weighted by Crippen LogP contribution is 2.41. The highest BCUT2D eigenvalue weighted by atomic mass is 19.1. The predicted octanol–water partition coefficient (Wildman–Crippen LogP) is 2.82. The third kappa shape index (κ3) is 1.80. The van der Waals surface area contributed by atoms with Crippen LogP contribution in [0.15, 0.2) is 12.1 Å². The molecule has 1 aromatic rings. The Hall–Kier alpha value is -1.09. The molecule has 1 aliphatic carbocycles. The van der Waals surface area contributed by atoms with Gasteiger partial charge in [-0.1, -0.05) is 25.8 Å². The summed E-state index contributed by atoms with van der Waals surface area (Å²) in [6, 6.07) is 3.24. The fraction of sp³-hybridized carbons (Fsp3) is 0.538. The van der Waals surface area contributed by atoms with E-state index < -0.39 is 11.4 Å². The van der Waals surface area contributed by atoms with Gasteiger partial charge in [-0.25, -0.2) is 4.39 Å². The molecule has 0 aromatic heterocycles. The van der Waals surface area contributed by atoms with E-state index in [1.807, 2.05) is 13.0 Å². The summed E-state index contributed by atoms with van der Waals surface area (Å²) in [5, 5.41) is 9.79. The van der Waals surface area contributed by atoms with Crippen LogP contribution in [0.3, 0.4) is 0 Å². The maximum absolute atomic E-state index is 13.5. The van der Waals surface area contributed by atoms with E-state index in [0.717, 1.165) is 37.7 Å². The molecular formula is C13H18FNO. The van der Waals surface area contributed by atoms with E-state index in [9.17, 15) is 9.50 Å². The Morgan fingerprint density at radius 2 is 2.00 bits per heavy atom. The standard InChI is InChI=1S/C13H18FNO/c1-2-9-7-10(12(16)11(14)8-9)13(15)5-3-4-6-13/h7-8,16H,2-6,15H2,1H3. The number of aromatic hydroxyl groups is 1. The Morgan fingerprint density at radius 1 is 1.38 bits per heavy atom. The summed E-state index contributed by atoms with van der Waals surface area (Å²) in [6.45, 7) is 1.97. The highest BCUT2D eigenvalue weighted by Gasteiger charge is 2.34. The van der Waals surface area contributed by atoms with Gasteiger partial charge in [0, 0.05) is 11.1 Å². The van der Waals surface area contributed by atoms with Crippen molar-refractivity contribution in [3.63, 3.8) is 0 Å². The molecule has 0 aliphatic heterocycles. The second-order valence-corrected chi connectivity index (χ2v) is 4.69. The summed E-state index contributed by atoms with van der Waals surface area (Å²) in [5.41, 5.74) is 7.19. The van der Waals surface area contributed by atoms with Crippen LogP contribution in [0.2, 0.25) is 0 Å². The lowest BCUT2D eigenvalue weighted by molar-refractivity contribution is 0.385. The third-order valence-corrected chi connectivity index (χ3v) is 3.56. The van der Waals surface area contributed by atoms with Gasteiger partial charge in [0.1, 0.15) is 0 Å². The van der Waals surface area contributed by atoms with Gasteiger partial charge in [-0.2, -0.15) is 0 Å². The largest absolute Gasteiger partial charge is 0.505 e. The van der Waals surface area contributed by atoms with Gasteiger partial charge in [-0.05, 0) is 30.9 Å². The van der Waals surface area contributed by atoms with Gasteiger partial charge in [0.05, 0.1) is 0 Å². The molecular weight excluding hydrogens is 205 g/mol. The van der Waals surface area contributed by atoms with E-state index in [-0.39, 0.29) is 5.75 Å². The van der Waals surface area contributed by atoms with Crippen molar-refractivity contribution in [2.24, 2.45) is 5.73 Å². The molecule has 1 fully saturated rings. The van der Waals surface area contributed by atoms with Crippen molar-refractivity contribution in [2.45, 2.75) is 44.6 Å². The van der Waals surface area contributed by atoms with Crippen LogP contribution < -0.4 is 5.73 Å². The maximum Gasteiger partial charge on any atom is 0.165 e. The number of rotatable bonds is 2. The summed E-state index contributed by atoms with van der Waals surface area (Å²) in [7, 11) is 0. The molecule has 0 atom stereocenters. The third-order valence-electron chi connectivity index (χ3n) is 3.56. The second kappa shape index (κ2) is 4.06. The number of phenols is 1. The highest BCUT2D eigenvalue weighted by molar-refractivity contribution is 5.42. The molecule has 16 heavy (non-hydrogen) atoms. The molecule has 1 saturated carbocycles. The van der Waals surface area contributed by atoms with Crippen molar-refractivity contribution < 1.29 is 9.50 Å². The minimum Gasteiger partial charge on any atom is -0.505 e. The average Bonchev–Trinajstić information content (AvgIpc) is 2.70. The van der Waals surface area contributed by atoms with E-state index in [0.29, 0.717) is 5.56 Å². The van der Waals surface area contributed by atoms with Crippen molar-refractivity contribution in [3.8, 4) is 5.75 Å². The number of benzene rings is 1. The fourth-order valence-electron chi connectivity index (χ4n) is 2.51. The first-order valence-electron chi connectivity index (χ1n) is 5.87. The molecule has 0 radical (unpaired) electrons. The number of aryl methyl sites for hydroxylation is 1. The molecule has 0 unspecified atom stereocenters. The smallest absolute Gasteiger partial charge is 0.165 e. The molecule has 88 valence electrons. The Bertz CT molecular complexity index is 397. The molecule has 0 heterocycles. The van der Waals surface area contributed by atoms with Crippen molar-refractivity contribution in [3.05, 3.63) is 29.1 Å².